The first kappa shape index (κ1) is 18.0. The maximum atomic E-state index is 13.2. The second-order valence-electron chi connectivity index (χ2n) is 6.53. The first-order chi connectivity index (χ1) is 13.6. The lowest BCUT2D eigenvalue weighted by atomic mass is 10.1. The number of fused-ring (bicyclic) bond motifs is 1. The van der Waals surface area contributed by atoms with Gasteiger partial charge in [-0.2, -0.15) is 10.4 Å². The van der Waals surface area contributed by atoms with Crippen LogP contribution in [0.4, 0.5) is 14.6 Å². The van der Waals surface area contributed by atoms with Crippen LogP contribution < -0.4 is 10.5 Å². The Morgan fingerprint density at radius 1 is 1.29 bits per heavy atom. The normalized spacial score (nSPS) is 16.6. The summed E-state index contributed by atoms with van der Waals surface area (Å²) in [5.41, 5.74) is 0.303. The Morgan fingerprint density at radius 3 is 2.89 bits per heavy atom. The average Bonchev–Trinajstić information content (AvgIpc) is 3.19. The molecular formula is C19H16F2N6O. The van der Waals surface area contributed by atoms with Gasteiger partial charge < -0.3 is 4.90 Å². The third-order valence-electron chi connectivity index (χ3n) is 4.86. The van der Waals surface area contributed by atoms with Crippen LogP contribution in [0.1, 0.15) is 30.3 Å². The molecular weight excluding hydrogens is 366 g/mol. The summed E-state index contributed by atoms with van der Waals surface area (Å²) in [4.78, 5) is 19.3. The smallest absolute Gasteiger partial charge is 0.261 e. The van der Waals surface area contributed by atoms with E-state index in [9.17, 15) is 18.8 Å². The van der Waals surface area contributed by atoms with Crippen molar-refractivity contribution in [1.82, 2.24) is 19.7 Å². The van der Waals surface area contributed by atoms with E-state index < -0.39 is 24.6 Å². The van der Waals surface area contributed by atoms with Gasteiger partial charge in [0.15, 0.2) is 5.82 Å². The van der Waals surface area contributed by atoms with Crippen LogP contribution in [-0.4, -0.2) is 32.7 Å². The first-order valence-corrected chi connectivity index (χ1v) is 8.86. The molecule has 1 atom stereocenters. The van der Waals surface area contributed by atoms with Crippen molar-refractivity contribution in [3.63, 3.8) is 0 Å². The predicted molar refractivity (Wildman–Crippen MR) is 98.1 cm³/mol. The fourth-order valence-corrected chi connectivity index (χ4v) is 3.67. The molecule has 0 spiro atoms. The maximum absolute atomic E-state index is 13.2. The van der Waals surface area contributed by atoms with E-state index in [0.29, 0.717) is 35.2 Å². The largest absolute Gasteiger partial charge is 0.344 e. The molecule has 0 saturated carbocycles. The fourth-order valence-electron chi connectivity index (χ4n) is 3.67. The molecule has 3 aromatic rings. The number of nitrogens with zero attached hydrogens (tertiary/aromatic N) is 6. The van der Waals surface area contributed by atoms with Crippen molar-refractivity contribution in [3.8, 4) is 6.07 Å². The predicted octanol–water partition coefficient (Wildman–Crippen LogP) is 2.66. The van der Waals surface area contributed by atoms with Gasteiger partial charge in [0.25, 0.3) is 12.0 Å². The number of halogens is 2. The summed E-state index contributed by atoms with van der Waals surface area (Å²) in [6.07, 6.45) is 0.0908. The number of hydrogen-bond acceptors (Lipinski definition) is 6. The summed E-state index contributed by atoms with van der Waals surface area (Å²) in [6, 6.07) is 9.89. The molecule has 3 heterocycles. The summed E-state index contributed by atoms with van der Waals surface area (Å²) in [5.74, 6) is 0.634. The highest BCUT2D eigenvalue weighted by molar-refractivity contribution is 5.77. The number of nitriles is 1. The van der Waals surface area contributed by atoms with Crippen molar-refractivity contribution in [2.75, 3.05) is 11.4 Å². The number of alkyl halides is 2. The van der Waals surface area contributed by atoms with Crippen LogP contribution >= 0.6 is 0 Å². The van der Waals surface area contributed by atoms with Gasteiger partial charge in [0, 0.05) is 6.54 Å². The van der Waals surface area contributed by atoms with E-state index in [-0.39, 0.29) is 5.82 Å². The summed E-state index contributed by atoms with van der Waals surface area (Å²) >= 11 is 0. The number of rotatable bonds is 4. The minimum absolute atomic E-state index is 0.260. The van der Waals surface area contributed by atoms with Crippen LogP contribution in [0.5, 0.6) is 0 Å². The molecule has 1 aliphatic heterocycles. The lowest BCUT2D eigenvalue weighted by Gasteiger charge is -2.27. The number of para-hydroxylation sites is 1. The van der Waals surface area contributed by atoms with E-state index in [4.69, 9.17) is 0 Å². The molecule has 2 aromatic heterocycles. The molecule has 4 rings (SSSR count). The molecule has 0 bridgehead atoms. The Labute approximate surface area is 158 Å². The van der Waals surface area contributed by atoms with Crippen molar-refractivity contribution >= 4 is 16.7 Å². The minimum atomic E-state index is -2.69. The van der Waals surface area contributed by atoms with Gasteiger partial charge in [-0.05, 0) is 31.0 Å². The second-order valence-corrected chi connectivity index (χ2v) is 6.53. The highest BCUT2D eigenvalue weighted by Gasteiger charge is 2.33. The molecule has 0 aliphatic carbocycles. The lowest BCUT2D eigenvalue weighted by Crippen LogP contribution is -2.34. The molecule has 0 radical (unpaired) electrons. The van der Waals surface area contributed by atoms with Crippen molar-refractivity contribution < 1.29 is 8.78 Å². The molecule has 0 N–H and O–H groups in total. The van der Waals surface area contributed by atoms with Gasteiger partial charge in [0.2, 0.25) is 0 Å². The Kier molecular flexibility index (Phi) is 4.69. The van der Waals surface area contributed by atoms with E-state index in [2.05, 4.69) is 21.3 Å². The van der Waals surface area contributed by atoms with Gasteiger partial charge in [-0.1, -0.05) is 12.1 Å². The van der Waals surface area contributed by atoms with Gasteiger partial charge in [-0.25, -0.2) is 13.8 Å². The molecule has 142 valence electrons. The van der Waals surface area contributed by atoms with Crippen LogP contribution in [0.25, 0.3) is 10.9 Å². The monoisotopic (exact) mass is 382 g/mol. The van der Waals surface area contributed by atoms with Crippen LogP contribution in [0.3, 0.4) is 0 Å². The zero-order valence-corrected chi connectivity index (χ0v) is 14.8. The third-order valence-corrected chi connectivity index (χ3v) is 4.86. The average molecular weight is 382 g/mol. The SMILES string of the molecule is N#Cc1ccnnc1N1CCCC1c1nc2ccccc2c(=O)n1CC(F)F. The van der Waals surface area contributed by atoms with Crippen LogP contribution in [0.15, 0.2) is 41.3 Å². The highest BCUT2D eigenvalue weighted by atomic mass is 19.3. The molecule has 1 aliphatic rings. The molecule has 28 heavy (non-hydrogen) atoms. The lowest BCUT2D eigenvalue weighted by molar-refractivity contribution is 0.123. The number of benzene rings is 1. The zero-order valence-electron chi connectivity index (χ0n) is 14.8. The standard InChI is InChI=1S/C19H16F2N6O/c20-16(21)11-27-18(24-14-5-2-1-4-13(14)19(27)28)15-6-3-9-26(15)17-12(10-22)7-8-23-25-17/h1-2,4-5,7-8,15-16H,3,6,9,11H2. The van der Waals surface area contributed by atoms with Gasteiger partial charge in [-0.15, -0.1) is 5.10 Å². The summed E-state index contributed by atoms with van der Waals surface area (Å²) in [5, 5.41) is 17.6. The highest BCUT2D eigenvalue weighted by Crippen LogP contribution is 2.35. The molecule has 1 unspecified atom stereocenters. The number of hydrogen-bond donors (Lipinski definition) is 0. The van der Waals surface area contributed by atoms with E-state index in [1.807, 2.05) is 4.90 Å². The van der Waals surface area contributed by atoms with Gasteiger partial charge >= 0.3 is 0 Å². The van der Waals surface area contributed by atoms with Crippen LogP contribution in [0, 0.1) is 11.3 Å². The first-order valence-electron chi connectivity index (χ1n) is 8.86. The molecule has 7 nitrogen and oxygen atoms in total. The van der Waals surface area contributed by atoms with E-state index >= 15 is 0 Å². The maximum Gasteiger partial charge on any atom is 0.261 e. The molecule has 1 fully saturated rings. The van der Waals surface area contributed by atoms with E-state index in [1.165, 1.54) is 6.20 Å². The quantitative estimate of drug-likeness (QED) is 0.689. The van der Waals surface area contributed by atoms with Crippen molar-refractivity contribution in [2.24, 2.45) is 0 Å². The number of aromatic nitrogens is 4. The van der Waals surface area contributed by atoms with Gasteiger partial charge in [0.05, 0.1) is 35.2 Å². The topological polar surface area (TPSA) is 87.7 Å². The third kappa shape index (κ3) is 3.07. The molecule has 0 amide bonds. The van der Waals surface area contributed by atoms with Crippen molar-refractivity contribution in [2.45, 2.75) is 31.9 Å². The Morgan fingerprint density at radius 2 is 2.11 bits per heavy atom. The van der Waals surface area contributed by atoms with Gasteiger partial charge in [0.1, 0.15) is 11.9 Å². The van der Waals surface area contributed by atoms with E-state index in [1.54, 1.807) is 30.3 Å². The number of anilines is 1. The van der Waals surface area contributed by atoms with Crippen LogP contribution in [-0.2, 0) is 6.54 Å². The van der Waals surface area contributed by atoms with Gasteiger partial charge in [-0.3, -0.25) is 9.36 Å². The summed E-state index contributed by atoms with van der Waals surface area (Å²) in [7, 11) is 0. The molecule has 1 aromatic carbocycles. The zero-order chi connectivity index (χ0) is 19.7. The Balaban J connectivity index is 1.89. The minimum Gasteiger partial charge on any atom is -0.344 e. The Bertz CT molecular complexity index is 1120. The summed E-state index contributed by atoms with van der Waals surface area (Å²) < 4.78 is 27.5. The van der Waals surface area contributed by atoms with Crippen molar-refractivity contribution in [1.29, 1.82) is 5.26 Å². The van der Waals surface area contributed by atoms with E-state index in [0.717, 1.165) is 11.0 Å². The van der Waals surface area contributed by atoms with Crippen LogP contribution in [0.2, 0.25) is 0 Å². The molecule has 9 heteroatoms. The second kappa shape index (κ2) is 7.31. The van der Waals surface area contributed by atoms with Crippen molar-refractivity contribution in [3.05, 3.63) is 58.3 Å². The Hall–Kier alpha value is -3.41. The molecule has 1 saturated heterocycles. The summed E-state index contributed by atoms with van der Waals surface area (Å²) in [6.45, 7) is -0.169. The fraction of sp³-hybridized carbons (Fsp3) is 0.316.